The minimum Gasteiger partial charge on any atom is -0.398 e. The highest BCUT2D eigenvalue weighted by atomic mass is 35.5. The van der Waals surface area contributed by atoms with Crippen LogP contribution >= 0.6 is 11.6 Å². The standard InChI is InChI=1S/C13H16ClN3O2/c1-8(18)16-10-4-5-17(7-10)13(19)11-3-2-9(14)6-12(11)15/h2-3,6,10H,4-5,7,15H2,1H3,(H,16,18). The predicted molar refractivity (Wildman–Crippen MR) is 74.0 cm³/mol. The highest BCUT2D eigenvalue weighted by Crippen LogP contribution is 2.21. The average Bonchev–Trinajstić information content (AvgIpc) is 2.75. The zero-order valence-corrected chi connectivity index (χ0v) is 11.4. The zero-order chi connectivity index (χ0) is 14.0. The molecule has 3 N–H and O–H groups in total. The van der Waals surface area contributed by atoms with Crippen molar-refractivity contribution in [1.82, 2.24) is 10.2 Å². The van der Waals surface area contributed by atoms with Crippen LogP contribution in [0.3, 0.4) is 0 Å². The molecule has 1 heterocycles. The second-order valence-corrected chi connectivity index (χ2v) is 5.11. The van der Waals surface area contributed by atoms with Gasteiger partial charge >= 0.3 is 0 Å². The van der Waals surface area contributed by atoms with Gasteiger partial charge in [0.15, 0.2) is 0 Å². The molecule has 0 saturated carbocycles. The van der Waals surface area contributed by atoms with Gasteiger partial charge in [-0.05, 0) is 24.6 Å². The maximum Gasteiger partial charge on any atom is 0.256 e. The lowest BCUT2D eigenvalue weighted by molar-refractivity contribution is -0.119. The number of amides is 2. The van der Waals surface area contributed by atoms with Crippen LogP contribution in [0, 0.1) is 0 Å². The molecular formula is C13H16ClN3O2. The Kier molecular flexibility index (Phi) is 3.95. The summed E-state index contributed by atoms with van der Waals surface area (Å²) >= 11 is 5.81. The van der Waals surface area contributed by atoms with Crippen molar-refractivity contribution < 1.29 is 9.59 Å². The highest BCUT2D eigenvalue weighted by Gasteiger charge is 2.28. The van der Waals surface area contributed by atoms with Crippen LogP contribution in [0.4, 0.5) is 5.69 Å². The molecule has 0 aromatic heterocycles. The Labute approximate surface area is 116 Å². The van der Waals surface area contributed by atoms with Crippen LogP contribution in [-0.4, -0.2) is 35.8 Å². The van der Waals surface area contributed by atoms with E-state index in [1.165, 1.54) is 6.92 Å². The fraction of sp³-hybridized carbons (Fsp3) is 0.385. The first kappa shape index (κ1) is 13.7. The van der Waals surface area contributed by atoms with Crippen LogP contribution in [0.2, 0.25) is 5.02 Å². The molecule has 1 aromatic rings. The number of hydrogen-bond donors (Lipinski definition) is 2. The summed E-state index contributed by atoms with van der Waals surface area (Å²) in [5.74, 6) is -0.202. The molecule has 19 heavy (non-hydrogen) atoms. The Bertz CT molecular complexity index is 519. The van der Waals surface area contributed by atoms with E-state index in [1.807, 2.05) is 0 Å². The molecule has 0 radical (unpaired) electrons. The van der Waals surface area contributed by atoms with E-state index in [4.69, 9.17) is 17.3 Å². The van der Waals surface area contributed by atoms with Crippen molar-refractivity contribution in [2.45, 2.75) is 19.4 Å². The first-order valence-electron chi connectivity index (χ1n) is 6.09. The maximum absolute atomic E-state index is 12.3. The van der Waals surface area contributed by atoms with Crippen LogP contribution in [0.5, 0.6) is 0 Å². The zero-order valence-electron chi connectivity index (χ0n) is 10.6. The van der Waals surface area contributed by atoms with Crippen molar-refractivity contribution in [3.63, 3.8) is 0 Å². The summed E-state index contributed by atoms with van der Waals surface area (Å²) in [6.07, 6.45) is 0.763. The Morgan fingerprint density at radius 1 is 1.47 bits per heavy atom. The summed E-state index contributed by atoms with van der Waals surface area (Å²) < 4.78 is 0. The van der Waals surface area contributed by atoms with Gasteiger partial charge in [0.05, 0.1) is 5.56 Å². The molecule has 2 amide bonds. The van der Waals surface area contributed by atoms with Gasteiger partial charge in [-0.2, -0.15) is 0 Å². The number of carbonyl (C=O) groups is 2. The minimum absolute atomic E-state index is 0.0231. The number of anilines is 1. The molecular weight excluding hydrogens is 266 g/mol. The number of nitrogens with one attached hydrogen (secondary N) is 1. The number of nitrogens with zero attached hydrogens (tertiary/aromatic N) is 1. The van der Waals surface area contributed by atoms with Crippen molar-refractivity contribution in [2.24, 2.45) is 0 Å². The van der Waals surface area contributed by atoms with Gasteiger partial charge in [0.1, 0.15) is 0 Å². The van der Waals surface area contributed by atoms with Crippen LogP contribution in [-0.2, 0) is 4.79 Å². The lowest BCUT2D eigenvalue weighted by Crippen LogP contribution is -2.37. The summed E-state index contributed by atoms with van der Waals surface area (Å²) in [7, 11) is 0. The number of benzene rings is 1. The topological polar surface area (TPSA) is 75.4 Å². The number of nitrogens with two attached hydrogens (primary N) is 1. The predicted octanol–water partition coefficient (Wildman–Crippen LogP) is 1.27. The Morgan fingerprint density at radius 3 is 2.84 bits per heavy atom. The Morgan fingerprint density at radius 2 is 2.21 bits per heavy atom. The normalized spacial score (nSPS) is 18.4. The first-order chi connectivity index (χ1) is 8.97. The summed E-state index contributed by atoms with van der Waals surface area (Å²) in [6, 6.07) is 4.86. The highest BCUT2D eigenvalue weighted by molar-refractivity contribution is 6.31. The summed E-state index contributed by atoms with van der Waals surface area (Å²) in [6.45, 7) is 2.61. The van der Waals surface area contributed by atoms with E-state index in [1.54, 1.807) is 23.1 Å². The van der Waals surface area contributed by atoms with Crippen molar-refractivity contribution in [3.8, 4) is 0 Å². The summed E-state index contributed by atoms with van der Waals surface area (Å²) in [5, 5.41) is 3.32. The molecule has 1 atom stereocenters. The van der Waals surface area contributed by atoms with E-state index in [0.717, 1.165) is 6.42 Å². The monoisotopic (exact) mass is 281 g/mol. The number of nitrogen functional groups attached to an aromatic ring is 1. The van der Waals surface area contributed by atoms with Gasteiger partial charge in [0, 0.05) is 36.8 Å². The molecule has 1 aliphatic heterocycles. The van der Waals surface area contributed by atoms with Crippen LogP contribution < -0.4 is 11.1 Å². The van der Waals surface area contributed by atoms with Gasteiger partial charge in [0.25, 0.3) is 5.91 Å². The number of carbonyl (C=O) groups excluding carboxylic acids is 2. The van der Waals surface area contributed by atoms with E-state index in [0.29, 0.717) is 29.4 Å². The molecule has 1 aliphatic rings. The molecule has 0 bridgehead atoms. The number of halogens is 1. The lowest BCUT2D eigenvalue weighted by atomic mass is 10.1. The summed E-state index contributed by atoms with van der Waals surface area (Å²) in [5.41, 5.74) is 6.63. The maximum atomic E-state index is 12.3. The largest absolute Gasteiger partial charge is 0.398 e. The molecule has 0 aliphatic carbocycles. The van der Waals surface area contributed by atoms with Gasteiger partial charge < -0.3 is 16.0 Å². The Balaban J connectivity index is 2.07. The van der Waals surface area contributed by atoms with Gasteiger partial charge in [-0.1, -0.05) is 11.6 Å². The third kappa shape index (κ3) is 3.17. The van der Waals surface area contributed by atoms with E-state index in [2.05, 4.69) is 5.32 Å². The van der Waals surface area contributed by atoms with E-state index < -0.39 is 0 Å². The molecule has 2 rings (SSSR count). The molecule has 1 saturated heterocycles. The smallest absolute Gasteiger partial charge is 0.256 e. The Hall–Kier alpha value is -1.75. The molecule has 1 fully saturated rings. The van der Waals surface area contributed by atoms with Crippen molar-refractivity contribution in [1.29, 1.82) is 0 Å². The summed E-state index contributed by atoms with van der Waals surface area (Å²) in [4.78, 5) is 25.0. The molecule has 0 spiro atoms. The second-order valence-electron chi connectivity index (χ2n) is 4.67. The van der Waals surface area contributed by atoms with E-state index in [-0.39, 0.29) is 17.9 Å². The fourth-order valence-electron chi connectivity index (χ4n) is 2.25. The minimum atomic E-state index is -0.123. The fourth-order valence-corrected chi connectivity index (χ4v) is 2.43. The molecule has 1 aromatic carbocycles. The molecule has 5 nitrogen and oxygen atoms in total. The van der Waals surface area contributed by atoms with Gasteiger partial charge in [-0.25, -0.2) is 0 Å². The van der Waals surface area contributed by atoms with Crippen LogP contribution in [0.25, 0.3) is 0 Å². The van der Waals surface area contributed by atoms with Crippen molar-refractivity contribution in [3.05, 3.63) is 28.8 Å². The van der Waals surface area contributed by atoms with Crippen LogP contribution in [0.1, 0.15) is 23.7 Å². The van der Waals surface area contributed by atoms with Crippen molar-refractivity contribution >= 4 is 29.1 Å². The quantitative estimate of drug-likeness (QED) is 0.802. The third-order valence-electron chi connectivity index (χ3n) is 3.13. The first-order valence-corrected chi connectivity index (χ1v) is 6.46. The van der Waals surface area contributed by atoms with E-state index >= 15 is 0 Å². The average molecular weight is 282 g/mol. The lowest BCUT2D eigenvalue weighted by Gasteiger charge is -2.18. The number of rotatable bonds is 2. The van der Waals surface area contributed by atoms with Gasteiger partial charge in [-0.3, -0.25) is 9.59 Å². The third-order valence-corrected chi connectivity index (χ3v) is 3.36. The molecule has 6 heteroatoms. The van der Waals surface area contributed by atoms with Gasteiger partial charge in [-0.15, -0.1) is 0 Å². The molecule has 102 valence electrons. The number of hydrogen-bond acceptors (Lipinski definition) is 3. The van der Waals surface area contributed by atoms with Crippen LogP contribution in [0.15, 0.2) is 18.2 Å². The SMILES string of the molecule is CC(=O)NC1CCN(C(=O)c2ccc(Cl)cc2N)C1. The number of likely N-dealkylation sites (tertiary alicyclic amines) is 1. The molecule has 1 unspecified atom stereocenters. The van der Waals surface area contributed by atoms with Gasteiger partial charge in [0.2, 0.25) is 5.91 Å². The second kappa shape index (κ2) is 5.48. The van der Waals surface area contributed by atoms with Crippen molar-refractivity contribution in [2.75, 3.05) is 18.8 Å². The van der Waals surface area contributed by atoms with E-state index in [9.17, 15) is 9.59 Å².